The lowest BCUT2D eigenvalue weighted by molar-refractivity contribution is 0.0119. The summed E-state index contributed by atoms with van der Waals surface area (Å²) in [7, 11) is 1.74. The Bertz CT molecular complexity index is 1140. The topological polar surface area (TPSA) is 64.9 Å². The molecular formula is C24H31ClFN5O. The van der Waals surface area contributed by atoms with Gasteiger partial charge in [0.1, 0.15) is 11.3 Å². The van der Waals surface area contributed by atoms with E-state index in [0.717, 1.165) is 30.6 Å². The molecule has 2 atom stereocenters. The van der Waals surface area contributed by atoms with Crippen LogP contribution < -0.4 is 5.32 Å². The molecule has 0 radical (unpaired) electrons. The lowest BCUT2D eigenvalue weighted by Gasteiger charge is -2.43. The van der Waals surface area contributed by atoms with Crippen LogP contribution in [0.4, 0.5) is 10.3 Å². The highest BCUT2D eigenvalue weighted by atomic mass is 35.5. The van der Waals surface area contributed by atoms with Crippen LogP contribution in [0.3, 0.4) is 0 Å². The van der Waals surface area contributed by atoms with Crippen molar-refractivity contribution in [1.82, 2.24) is 19.5 Å². The van der Waals surface area contributed by atoms with Gasteiger partial charge in [0.05, 0.1) is 34.6 Å². The number of hydrogen-bond acceptors (Lipinski definition) is 5. The SMILES string of the molecule is CO[C@@H]1CCCC(C)(C)[C@H]1Nc1ncc(Cl)c(-c2cc(F)c3nc(C)n(C(C)C)c3c2)n1. The standard InChI is InChI=1S/C24H31ClFN5O/c1-13(2)31-14(3)28-21-17(26)10-15(11-18(21)31)20-16(25)12-27-23(29-20)30-22-19(32-6)8-7-9-24(22,4)5/h10-13,19,22H,7-9H2,1-6H3,(H,27,29,30)/t19-,22+/m1/s1. The van der Waals surface area contributed by atoms with Gasteiger partial charge in [0, 0.05) is 18.7 Å². The van der Waals surface area contributed by atoms with E-state index in [-0.39, 0.29) is 23.6 Å². The summed E-state index contributed by atoms with van der Waals surface area (Å²) in [5, 5.41) is 3.85. The molecule has 0 saturated heterocycles. The Morgan fingerprint density at radius 1 is 1.28 bits per heavy atom. The summed E-state index contributed by atoms with van der Waals surface area (Å²) in [6, 6.07) is 3.55. The highest BCUT2D eigenvalue weighted by Crippen LogP contribution is 2.39. The quantitative estimate of drug-likeness (QED) is 0.493. The predicted octanol–water partition coefficient (Wildman–Crippen LogP) is 6.18. The van der Waals surface area contributed by atoms with Crippen LogP contribution >= 0.6 is 11.6 Å². The number of imidazole rings is 1. The molecule has 32 heavy (non-hydrogen) atoms. The second kappa shape index (κ2) is 8.60. The monoisotopic (exact) mass is 459 g/mol. The Kier molecular flexibility index (Phi) is 6.16. The second-order valence-corrected chi connectivity index (χ2v) is 10.0. The van der Waals surface area contributed by atoms with E-state index in [4.69, 9.17) is 21.3 Å². The molecule has 1 fully saturated rings. The lowest BCUT2D eigenvalue weighted by atomic mass is 9.72. The van der Waals surface area contributed by atoms with Crippen LogP contribution in [0.15, 0.2) is 18.3 Å². The summed E-state index contributed by atoms with van der Waals surface area (Å²) in [5.74, 6) is 0.838. The number of methoxy groups -OCH3 is 1. The number of anilines is 1. The number of aryl methyl sites for hydroxylation is 1. The normalized spacial score (nSPS) is 20.8. The first kappa shape index (κ1) is 22.9. The molecule has 0 unspecified atom stereocenters. The van der Waals surface area contributed by atoms with Crippen molar-refractivity contribution in [3.8, 4) is 11.3 Å². The van der Waals surface area contributed by atoms with Gasteiger partial charge >= 0.3 is 0 Å². The fourth-order valence-corrected chi connectivity index (χ4v) is 5.16. The molecule has 8 heteroatoms. The molecule has 0 aliphatic heterocycles. The number of ether oxygens (including phenoxy) is 1. The molecule has 3 aromatic rings. The van der Waals surface area contributed by atoms with Gasteiger partial charge in [-0.15, -0.1) is 0 Å². The number of aromatic nitrogens is 4. The molecule has 0 amide bonds. The maximum absolute atomic E-state index is 15.0. The van der Waals surface area contributed by atoms with Crippen molar-refractivity contribution < 1.29 is 9.13 Å². The van der Waals surface area contributed by atoms with Gasteiger partial charge < -0.3 is 14.6 Å². The van der Waals surface area contributed by atoms with Crippen LogP contribution in [0, 0.1) is 18.2 Å². The van der Waals surface area contributed by atoms with Crippen molar-refractivity contribution in [3.05, 3.63) is 35.0 Å². The van der Waals surface area contributed by atoms with Crippen LogP contribution in [-0.4, -0.2) is 38.8 Å². The average molecular weight is 460 g/mol. The summed E-state index contributed by atoms with van der Waals surface area (Å²) in [4.78, 5) is 13.5. The van der Waals surface area contributed by atoms with Crippen molar-refractivity contribution in [1.29, 1.82) is 0 Å². The van der Waals surface area contributed by atoms with Gasteiger partial charge in [-0.05, 0) is 51.2 Å². The van der Waals surface area contributed by atoms with Crippen molar-refractivity contribution in [2.45, 2.75) is 72.1 Å². The van der Waals surface area contributed by atoms with E-state index < -0.39 is 5.82 Å². The van der Waals surface area contributed by atoms with Crippen LogP contribution in [0.5, 0.6) is 0 Å². The van der Waals surface area contributed by atoms with Crippen LogP contribution in [0.1, 0.15) is 58.8 Å². The molecule has 1 saturated carbocycles. The third kappa shape index (κ3) is 4.08. The zero-order valence-electron chi connectivity index (χ0n) is 19.5. The Hall–Kier alpha value is -2.25. The molecule has 172 valence electrons. The lowest BCUT2D eigenvalue weighted by Crippen LogP contribution is -2.49. The van der Waals surface area contributed by atoms with Gasteiger partial charge in [0.25, 0.3) is 0 Å². The summed E-state index contributed by atoms with van der Waals surface area (Å²) in [6.07, 6.45) is 4.83. The molecule has 2 heterocycles. The summed E-state index contributed by atoms with van der Waals surface area (Å²) in [6.45, 7) is 10.4. The number of halogens is 2. The Labute approximate surface area is 193 Å². The third-order valence-corrected chi connectivity index (χ3v) is 6.85. The molecule has 1 aliphatic rings. The highest BCUT2D eigenvalue weighted by molar-refractivity contribution is 6.33. The maximum atomic E-state index is 15.0. The molecule has 2 aromatic heterocycles. The minimum absolute atomic E-state index is 0.0222. The molecule has 0 bridgehead atoms. The molecule has 1 aliphatic carbocycles. The van der Waals surface area contributed by atoms with Crippen molar-refractivity contribution in [2.24, 2.45) is 5.41 Å². The van der Waals surface area contributed by atoms with Gasteiger partial charge in [-0.1, -0.05) is 31.9 Å². The largest absolute Gasteiger partial charge is 0.379 e. The van der Waals surface area contributed by atoms with Gasteiger partial charge in [-0.25, -0.2) is 19.3 Å². The molecule has 4 rings (SSSR count). The zero-order chi connectivity index (χ0) is 23.2. The predicted molar refractivity (Wildman–Crippen MR) is 127 cm³/mol. The average Bonchev–Trinajstić information content (AvgIpc) is 3.07. The Morgan fingerprint density at radius 2 is 2.03 bits per heavy atom. The number of nitrogens with zero attached hydrogens (tertiary/aromatic N) is 4. The van der Waals surface area contributed by atoms with E-state index in [1.54, 1.807) is 13.3 Å². The van der Waals surface area contributed by atoms with E-state index in [1.165, 1.54) is 6.07 Å². The zero-order valence-corrected chi connectivity index (χ0v) is 20.3. The summed E-state index contributed by atoms with van der Waals surface area (Å²) in [5.41, 5.74) is 2.19. The molecule has 1 N–H and O–H groups in total. The van der Waals surface area contributed by atoms with E-state index in [9.17, 15) is 4.39 Å². The second-order valence-electron chi connectivity index (χ2n) is 9.62. The number of benzene rings is 1. The smallest absolute Gasteiger partial charge is 0.223 e. The van der Waals surface area contributed by atoms with E-state index in [0.29, 0.717) is 27.7 Å². The fraction of sp³-hybridized carbons (Fsp3) is 0.542. The van der Waals surface area contributed by atoms with E-state index in [1.807, 2.05) is 17.6 Å². The third-order valence-electron chi connectivity index (χ3n) is 6.57. The molecule has 0 spiro atoms. The van der Waals surface area contributed by atoms with Gasteiger partial charge in [0.2, 0.25) is 5.95 Å². The minimum atomic E-state index is -0.392. The van der Waals surface area contributed by atoms with Gasteiger partial charge in [-0.2, -0.15) is 0 Å². The Balaban J connectivity index is 1.76. The number of hydrogen-bond donors (Lipinski definition) is 1. The van der Waals surface area contributed by atoms with Crippen LogP contribution in [0.25, 0.3) is 22.3 Å². The van der Waals surface area contributed by atoms with Gasteiger partial charge in [-0.3, -0.25) is 0 Å². The van der Waals surface area contributed by atoms with Crippen molar-refractivity contribution >= 4 is 28.6 Å². The fourth-order valence-electron chi connectivity index (χ4n) is 4.96. The first-order chi connectivity index (χ1) is 15.1. The molecular weight excluding hydrogens is 429 g/mol. The summed E-state index contributed by atoms with van der Waals surface area (Å²) >= 11 is 6.47. The van der Waals surface area contributed by atoms with E-state index >= 15 is 0 Å². The molecule has 6 nitrogen and oxygen atoms in total. The highest BCUT2D eigenvalue weighted by Gasteiger charge is 2.39. The van der Waals surface area contributed by atoms with Gasteiger partial charge in [0.15, 0.2) is 5.82 Å². The summed E-state index contributed by atoms with van der Waals surface area (Å²) < 4.78 is 22.8. The van der Waals surface area contributed by atoms with Crippen LogP contribution in [0.2, 0.25) is 5.02 Å². The minimum Gasteiger partial charge on any atom is -0.379 e. The number of nitrogens with one attached hydrogen (secondary N) is 1. The van der Waals surface area contributed by atoms with Crippen molar-refractivity contribution in [2.75, 3.05) is 12.4 Å². The maximum Gasteiger partial charge on any atom is 0.223 e. The number of fused-ring (bicyclic) bond motifs is 1. The van der Waals surface area contributed by atoms with E-state index in [2.05, 4.69) is 43.0 Å². The Morgan fingerprint density at radius 3 is 2.72 bits per heavy atom. The number of rotatable bonds is 5. The first-order valence-electron chi connectivity index (χ1n) is 11.1. The van der Waals surface area contributed by atoms with Crippen LogP contribution in [-0.2, 0) is 4.74 Å². The van der Waals surface area contributed by atoms with Crippen molar-refractivity contribution in [3.63, 3.8) is 0 Å². The molecule has 1 aromatic carbocycles. The first-order valence-corrected chi connectivity index (χ1v) is 11.5.